The number of ether oxygens (including phenoxy) is 4. The molecule has 0 saturated heterocycles. The topological polar surface area (TPSA) is 297 Å². The molecule has 0 bridgehead atoms. The largest absolute Gasteiger partial charge is 0.490 e. The van der Waals surface area contributed by atoms with Crippen molar-refractivity contribution >= 4 is 34.7 Å². The summed E-state index contributed by atoms with van der Waals surface area (Å²) in [6.45, 7) is 8.97. The number of amides is 3. The third kappa shape index (κ3) is 17.0. The zero-order chi connectivity index (χ0) is 60.0. The summed E-state index contributed by atoms with van der Waals surface area (Å²) in [6, 6.07) is 18.8. The van der Waals surface area contributed by atoms with Crippen molar-refractivity contribution in [3.63, 3.8) is 0 Å². The minimum absolute atomic E-state index is 0. The Labute approximate surface area is 492 Å². The van der Waals surface area contributed by atoms with E-state index in [4.69, 9.17) is 41.3 Å². The number of carboxylic acids is 1. The summed E-state index contributed by atoms with van der Waals surface area (Å²) in [5, 5.41) is 39.8. The molecule has 0 unspecified atom stereocenters. The van der Waals surface area contributed by atoms with Gasteiger partial charge in [-0.3, -0.25) is 14.4 Å². The highest BCUT2D eigenvalue weighted by Gasteiger charge is 2.55. The van der Waals surface area contributed by atoms with E-state index in [2.05, 4.69) is 53.5 Å². The third-order valence-electron chi connectivity index (χ3n) is 15.7. The quantitative estimate of drug-likeness (QED) is 0.0342. The number of aliphatic hydroxyl groups is 2. The lowest BCUT2D eigenvalue weighted by Crippen LogP contribution is -2.58. The molecule has 0 aliphatic heterocycles. The van der Waals surface area contributed by atoms with Gasteiger partial charge in [-0.05, 0) is 217 Å². The molecule has 456 valence electrons. The van der Waals surface area contributed by atoms with Crippen molar-refractivity contribution in [3.05, 3.63) is 119 Å². The number of rotatable bonds is 23. The lowest BCUT2D eigenvalue weighted by atomic mass is 9.53. The molecule has 21 heteroatoms. The first-order valence-corrected chi connectivity index (χ1v) is 28.6. The number of nitrogens with one attached hydrogen (secondary N) is 1. The van der Waals surface area contributed by atoms with E-state index in [0.29, 0.717) is 62.2 Å². The summed E-state index contributed by atoms with van der Waals surface area (Å²) < 4.78 is 26.5. The molecule has 4 fully saturated rings. The van der Waals surface area contributed by atoms with Gasteiger partial charge in [0.25, 0.3) is 17.7 Å². The highest BCUT2D eigenvalue weighted by atomic mass is 16.5. The number of nitrogens with zero attached hydrogens (tertiary/aromatic N) is 6. The number of benzene rings is 2. The maximum absolute atomic E-state index is 13.0. The van der Waals surface area contributed by atoms with Crippen molar-refractivity contribution in [2.24, 2.45) is 28.0 Å². The molecule has 4 aliphatic carbocycles. The van der Waals surface area contributed by atoms with E-state index in [1.165, 1.54) is 16.3 Å². The Bertz CT molecular complexity index is 3240. The van der Waals surface area contributed by atoms with Crippen molar-refractivity contribution in [1.29, 1.82) is 0 Å². The van der Waals surface area contributed by atoms with Crippen molar-refractivity contribution in [1.82, 2.24) is 34.3 Å². The second kappa shape index (κ2) is 26.7. The van der Waals surface area contributed by atoms with Gasteiger partial charge in [-0.2, -0.15) is 10.2 Å². The summed E-state index contributed by atoms with van der Waals surface area (Å²) in [4.78, 5) is 51.9. The van der Waals surface area contributed by atoms with Crippen LogP contribution in [-0.2, 0) is 12.8 Å². The number of hydrogen-bond acceptors (Lipinski definition) is 15. The van der Waals surface area contributed by atoms with Crippen LogP contribution in [0.4, 0.5) is 0 Å². The van der Waals surface area contributed by atoms with E-state index in [1.54, 1.807) is 87.2 Å². The smallest absolute Gasteiger partial charge is 0.339 e. The molecule has 3 amide bonds. The predicted molar refractivity (Wildman–Crippen MR) is 321 cm³/mol. The Balaban J connectivity index is 0.000000199. The van der Waals surface area contributed by atoms with Crippen LogP contribution in [-0.4, -0.2) is 158 Å². The lowest BCUT2D eigenvalue weighted by molar-refractivity contribution is -0.0835. The predicted octanol–water partition coefficient (Wildman–Crippen LogP) is 6.94. The molecule has 10 rings (SSSR count). The molecule has 0 radical (unpaired) electrons. The van der Waals surface area contributed by atoms with Gasteiger partial charge < -0.3 is 66.6 Å². The number of pyridine rings is 2. The Hall–Kier alpha value is -7.30. The van der Waals surface area contributed by atoms with Gasteiger partial charge in [-0.1, -0.05) is 19.6 Å². The average molecular weight is 1160 g/mol. The first-order chi connectivity index (χ1) is 39.1. The molecule has 4 saturated carbocycles. The number of aryl methyl sites for hydroxylation is 2. The molecule has 84 heavy (non-hydrogen) atoms. The molecule has 6 aromatic rings. The summed E-state index contributed by atoms with van der Waals surface area (Å²) in [7, 11) is 8.26. The number of primary amides is 2. The number of carbonyl (C=O) groups is 4. The van der Waals surface area contributed by atoms with E-state index in [0.717, 1.165) is 95.7 Å². The lowest BCUT2D eigenvalue weighted by Gasteiger charge is -2.57. The van der Waals surface area contributed by atoms with E-state index in [-0.39, 0.29) is 55.8 Å². The zero-order valence-electron chi connectivity index (χ0n) is 49.2. The van der Waals surface area contributed by atoms with Crippen LogP contribution >= 0.6 is 0 Å². The number of aromatic nitrogens is 4. The minimum Gasteiger partial charge on any atom is -0.490 e. The van der Waals surface area contributed by atoms with Crippen LogP contribution in [0.15, 0.2) is 85.5 Å². The number of hydrogen-bond donors (Lipinski definition) is 7. The highest BCUT2D eigenvalue weighted by Crippen LogP contribution is 2.57. The number of fused-ring (bicyclic) bond motifs is 2. The monoisotopic (exact) mass is 1160 g/mol. The molecule has 4 aromatic heterocycles. The van der Waals surface area contributed by atoms with Crippen LogP contribution in [0.1, 0.15) is 152 Å². The van der Waals surface area contributed by atoms with Gasteiger partial charge in [0.2, 0.25) is 0 Å². The van der Waals surface area contributed by atoms with E-state index in [9.17, 15) is 29.4 Å². The van der Waals surface area contributed by atoms with Crippen LogP contribution in [0.25, 0.3) is 11.0 Å². The Morgan fingerprint density at radius 1 is 0.631 bits per heavy atom. The summed E-state index contributed by atoms with van der Waals surface area (Å²) in [5.41, 5.74) is 20.8. The molecule has 21 nitrogen and oxygen atoms in total. The van der Waals surface area contributed by atoms with E-state index in [1.807, 2.05) is 24.3 Å². The average Bonchev–Trinajstić information content (AvgIpc) is 1.33. The second-order valence-corrected chi connectivity index (χ2v) is 25.3. The number of carboxylic acid groups (broad SMARTS) is 1. The first-order valence-electron chi connectivity index (χ1n) is 28.6. The summed E-state index contributed by atoms with van der Waals surface area (Å²) in [5.74, 6) is 0.236. The van der Waals surface area contributed by atoms with Crippen molar-refractivity contribution < 1.29 is 53.4 Å². The number of nitrogens with two attached hydrogens (primary N) is 3. The fourth-order valence-corrected chi connectivity index (χ4v) is 11.6. The first kappa shape index (κ1) is 64.3. The molecule has 2 aromatic carbocycles. The molecule has 10 N–H and O–H groups in total. The summed E-state index contributed by atoms with van der Waals surface area (Å²) >= 11 is 0. The third-order valence-corrected chi connectivity index (χ3v) is 15.7. The van der Waals surface area contributed by atoms with Crippen LogP contribution in [0.3, 0.4) is 0 Å². The SMILES string of the molecule is C.CC(C)(O)COc1ccc2c(C(=O)O)cnn2c1.CN(C)CCCc1ccc(C(N)=O)c(OC2CC3(CC(N)C3)C2)c1.CN(C)CCCc1ccc(C(N)=O)c(OC2CC3(CC(NC(=O)c4cnn5cc(OCC(C)(C)O)ccc45)C3)C2)c1. The molecule has 4 aliphatic rings. The molecular weight excluding hydrogens is 1070 g/mol. The van der Waals surface area contributed by atoms with Gasteiger partial charge in [0, 0.05) is 12.1 Å². The van der Waals surface area contributed by atoms with E-state index < -0.39 is 29.0 Å². The molecular formula is C63H88N10O11. The maximum Gasteiger partial charge on any atom is 0.339 e. The van der Waals surface area contributed by atoms with Gasteiger partial charge in [0.15, 0.2) is 0 Å². The highest BCUT2D eigenvalue weighted by molar-refractivity contribution is 6.01. The van der Waals surface area contributed by atoms with Crippen molar-refractivity contribution in [3.8, 4) is 23.0 Å². The fourth-order valence-electron chi connectivity index (χ4n) is 11.6. The number of aromatic carboxylic acids is 1. The minimum atomic E-state index is -1.02. The van der Waals surface area contributed by atoms with Gasteiger partial charge in [0.1, 0.15) is 41.8 Å². The Kier molecular flexibility index (Phi) is 20.5. The van der Waals surface area contributed by atoms with Gasteiger partial charge >= 0.3 is 5.97 Å². The Morgan fingerprint density at radius 2 is 1.05 bits per heavy atom. The van der Waals surface area contributed by atoms with Crippen LogP contribution in [0.2, 0.25) is 0 Å². The van der Waals surface area contributed by atoms with Gasteiger partial charge in [-0.15, -0.1) is 0 Å². The summed E-state index contributed by atoms with van der Waals surface area (Å²) in [6.07, 6.45) is 18.2. The van der Waals surface area contributed by atoms with Gasteiger partial charge in [0.05, 0.1) is 75.9 Å². The standard InChI is InChI=1S/C31H41N5O5.C19H29N3O2.C12H14N2O4.CH4/c1-30(2,39)19-40-22-8-10-26-25(17-33-36(26)18-22)29(38)34-21-13-31(14-21)15-23(16-31)41-27-12-20(6-5-11-35(3)4)7-9-24(27)28(32)37;1-22(2)7-3-4-13-5-6-16(18(21)23)17(8-13)24-15-11-19(12-15)9-14(20)10-19;1-12(2,17)7-18-8-3-4-10-9(11(15)16)5-13-14(10)6-8;/h7-10,12,17-18,21,23,39H,5-6,11,13-16,19H2,1-4H3,(H2,32,37)(H,34,38);5-6,8,14-15H,3-4,7,9-12,20H2,1-2H3,(H2,21,23);3-6,17H,7H2,1-2H3,(H,15,16);1H4. The van der Waals surface area contributed by atoms with E-state index >= 15 is 0 Å². The maximum atomic E-state index is 13.0. The molecule has 4 heterocycles. The normalized spacial score (nSPS) is 21.3. The molecule has 0 atom stereocenters. The number of carbonyl (C=O) groups excluding carboxylic acids is 3. The zero-order valence-corrected chi connectivity index (χ0v) is 49.2. The fraction of sp³-hybridized carbons (Fsp3) is 0.524. The second-order valence-electron chi connectivity index (χ2n) is 25.3. The van der Waals surface area contributed by atoms with Crippen molar-refractivity contribution in [2.75, 3.05) is 54.5 Å². The van der Waals surface area contributed by atoms with Crippen LogP contribution < -0.4 is 41.5 Å². The van der Waals surface area contributed by atoms with Gasteiger partial charge in [-0.25, -0.2) is 13.8 Å². The van der Waals surface area contributed by atoms with Crippen LogP contribution in [0, 0.1) is 10.8 Å². The molecule has 2 spiro atoms. The van der Waals surface area contributed by atoms with Crippen molar-refractivity contribution in [2.45, 2.75) is 148 Å². The Morgan fingerprint density at radius 3 is 1.44 bits per heavy atom. The van der Waals surface area contributed by atoms with Crippen LogP contribution in [0.5, 0.6) is 23.0 Å².